The Labute approximate surface area is 117 Å². The molecule has 0 spiro atoms. The van der Waals surface area contributed by atoms with E-state index in [1.165, 1.54) is 0 Å². The summed E-state index contributed by atoms with van der Waals surface area (Å²) < 4.78 is 0. The number of hydrogen-bond donors (Lipinski definition) is 1. The van der Waals surface area contributed by atoms with Gasteiger partial charge in [0.25, 0.3) is 0 Å². The van der Waals surface area contributed by atoms with Crippen LogP contribution in [0.2, 0.25) is 0 Å². The van der Waals surface area contributed by atoms with E-state index >= 15 is 0 Å². The molecule has 5 nitrogen and oxygen atoms in total. The fourth-order valence-electron chi connectivity index (χ4n) is 2.41. The fourth-order valence-corrected chi connectivity index (χ4v) is 2.41. The maximum atomic E-state index is 12.0. The largest absolute Gasteiger partial charge is 0.345 e. The van der Waals surface area contributed by atoms with E-state index < -0.39 is 0 Å². The Hall–Kier alpha value is -0.650. The molecule has 0 aromatic heterocycles. The lowest BCUT2D eigenvalue weighted by Crippen LogP contribution is -2.50. The Morgan fingerprint density at radius 2 is 1.79 bits per heavy atom. The highest BCUT2D eigenvalue weighted by molar-refractivity contribution is 5.77. The Balaban J connectivity index is 2.23. The van der Waals surface area contributed by atoms with Crippen LogP contribution in [-0.2, 0) is 4.79 Å². The highest BCUT2D eigenvalue weighted by Gasteiger charge is 2.20. The molecule has 5 heteroatoms. The predicted octanol–water partition coefficient (Wildman–Crippen LogP) is 0.0672. The van der Waals surface area contributed by atoms with Gasteiger partial charge in [0, 0.05) is 46.3 Å². The first-order chi connectivity index (χ1) is 9.02. The van der Waals surface area contributed by atoms with Gasteiger partial charge in [-0.15, -0.1) is 0 Å². The number of hydrogen-bond acceptors (Lipinski definition) is 4. The zero-order chi connectivity index (χ0) is 14.3. The van der Waals surface area contributed by atoms with Crippen LogP contribution >= 0.6 is 0 Å². The maximum absolute atomic E-state index is 12.0. The van der Waals surface area contributed by atoms with Gasteiger partial charge in [-0.3, -0.25) is 9.69 Å². The average Bonchev–Trinajstić information content (AvgIpc) is 2.37. The zero-order valence-electron chi connectivity index (χ0n) is 12.8. The molecule has 1 heterocycles. The molecule has 0 aromatic rings. The van der Waals surface area contributed by atoms with Crippen LogP contribution in [0.4, 0.5) is 0 Å². The molecule has 0 radical (unpaired) electrons. The van der Waals surface area contributed by atoms with E-state index in [0.717, 1.165) is 51.6 Å². The van der Waals surface area contributed by atoms with Crippen LogP contribution in [0.5, 0.6) is 0 Å². The number of piperazine rings is 1. The lowest BCUT2D eigenvalue weighted by Gasteiger charge is -2.35. The maximum Gasteiger partial charge on any atom is 0.236 e. The van der Waals surface area contributed by atoms with Gasteiger partial charge in [0.1, 0.15) is 0 Å². The molecule has 1 fully saturated rings. The standard InChI is InChI=1S/C14H30N4O/c1-13(2)11-17-7-9-18(10-8-17)12-14(19)16(3)6-4-5-15/h13H,4-12,15H2,1-3H3. The van der Waals surface area contributed by atoms with E-state index in [0.29, 0.717) is 13.1 Å². The van der Waals surface area contributed by atoms with E-state index in [2.05, 4.69) is 23.6 Å². The molecule has 0 unspecified atom stereocenters. The zero-order valence-corrected chi connectivity index (χ0v) is 12.8. The smallest absolute Gasteiger partial charge is 0.236 e. The second-order valence-electron chi connectivity index (χ2n) is 5.93. The van der Waals surface area contributed by atoms with Crippen molar-refractivity contribution in [3.63, 3.8) is 0 Å². The molecule has 0 saturated carbocycles. The van der Waals surface area contributed by atoms with Crippen LogP contribution in [0, 0.1) is 5.92 Å². The van der Waals surface area contributed by atoms with Crippen molar-refractivity contribution in [2.24, 2.45) is 11.7 Å². The molecule has 19 heavy (non-hydrogen) atoms. The summed E-state index contributed by atoms with van der Waals surface area (Å²) in [5, 5.41) is 0. The van der Waals surface area contributed by atoms with Crippen LogP contribution in [0.1, 0.15) is 20.3 Å². The summed E-state index contributed by atoms with van der Waals surface area (Å²) in [7, 11) is 1.87. The molecule has 112 valence electrons. The number of nitrogens with zero attached hydrogens (tertiary/aromatic N) is 3. The first kappa shape index (κ1) is 16.4. The van der Waals surface area contributed by atoms with Crippen molar-refractivity contribution < 1.29 is 4.79 Å². The molecule has 2 N–H and O–H groups in total. The van der Waals surface area contributed by atoms with Crippen LogP contribution in [0.15, 0.2) is 0 Å². The normalized spacial score (nSPS) is 17.9. The van der Waals surface area contributed by atoms with Crippen LogP contribution in [0.3, 0.4) is 0 Å². The third kappa shape index (κ3) is 6.36. The van der Waals surface area contributed by atoms with Gasteiger partial charge in [-0.2, -0.15) is 0 Å². The van der Waals surface area contributed by atoms with Crippen molar-refractivity contribution in [2.45, 2.75) is 20.3 Å². The molecule has 1 rings (SSSR count). The van der Waals surface area contributed by atoms with Gasteiger partial charge in [-0.1, -0.05) is 13.8 Å². The Morgan fingerprint density at radius 1 is 1.21 bits per heavy atom. The Kier molecular flexibility index (Phi) is 7.34. The highest BCUT2D eigenvalue weighted by Crippen LogP contribution is 2.05. The third-order valence-electron chi connectivity index (χ3n) is 3.57. The minimum absolute atomic E-state index is 0.214. The summed E-state index contributed by atoms with van der Waals surface area (Å²) in [6.45, 7) is 11.8. The molecule has 0 bridgehead atoms. The SMILES string of the molecule is CC(C)CN1CCN(CC(=O)N(C)CCCN)CC1. The van der Waals surface area contributed by atoms with Gasteiger partial charge in [0.05, 0.1) is 6.54 Å². The molecule has 0 aliphatic carbocycles. The number of carbonyl (C=O) groups excluding carboxylic acids is 1. The number of amides is 1. The number of likely N-dealkylation sites (N-methyl/N-ethyl adjacent to an activating group) is 1. The van der Waals surface area contributed by atoms with Gasteiger partial charge in [0.2, 0.25) is 5.91 Å². The monoisotopic (exact) mass is 270 g/mol. The quantitative estimate of drug-likeness (QED) is 0.711. The van der Waals surface area contributed by atoms with Crippen molar-refractivity contribution in [1.82, 2.24) is 14.7 Å². The Morgan fingerprint density at radius 3 is 2.32 bits per heavy atom. The second-order valence-corrected chi connectivity index (χ2v) is 5.93. The molecule has 1 amide bonds. The summed E-state index contributed by atoms with van der Waals surface area (Å²) in [5.41, 5.74) is 5.46. The van der Waals surface area contributed by atoms with E-state index in [9.17, 15) is 4.79 Å². The van der Waals surface area contributed by atoms with E-state index in [1.54, 1.807) is 4.90 Å². The van der Waals surface area contributed by atoms with E-state index in [-0.39, 0.29) is 5.91 Å². The number of nitrogens with two attached hydrogens (primary N) is 1. The lowest BCUT2D eigenvalue weighted by atomic mass is 10.2. The van der Waals surface area contributed by atoms with Crippen molar-refractivity contribution >= 4 is 5.91 Å². The minimum atomic E-state index is 0.214. The predicted molar refractivity (Wildman–Crippen MR) is 79.0 cm³/mol. The second kappa shape index (κ2) is 8.51. The summed E-state index contributed by atoms with van der Waals surface area (Å²) in [5.74, 6) is 0.932. The first-order valence-electron chi connectivity index (χ1n) is 7.41. The molecule has 1 aliphatic rings. The van der Waals surface area contributed by atoms with Crippen molar-refractivity contribution in [1.29, 1.82) is 0 Å². The molecular formula is C14H30N4O. The van der Waals surface area contributed by atoms with Gasteiger partial charge < -0.3 is 15.5 Å². The molecule has 1 saturated heterocycles. The number of carbonyl (C=O) groups is 1. The van der Waals surface area contributed by atoms with Crippen LogP contribution in [0.25, 0.3) is 0 Å². The van der Waals surface area contributed by atoms with Crippen molar-refractivity contribution in [3.05, 3.63) is 0 Å². The molecular weight excluding hydrogens is 240 g/mol. The molecule has 0 atom stereocenters. The molecule has 0 aromatic carbocycles. The van der Waals surface area contributed by atoms with Crippen LogP contribution in [-0.4, -0.2) is 80.0 Å². The third-order valence-corrected chi connectivity index (χ3v) is 3.57. The topological polar surface area (TPSA) is 52.8 Å². The van der Waals surface area contributed by atoms with E-state index in [4.69, 9.17) is 5.73 Å². The Bertz CT molecular complexity index is 262. The summed E-state index contributed by atoms with van der Waals surface area (Å²) in [4.78, 5) is 18.6. The number of rotatable bonds is 7. The van der Waals surface area contributed by atoms with Gasteiger partial charge in [0.15, 0.2) is 0 Å². The minimum Gasteiger partial charge on any atom is -0.345 e. The van der Waals surface area contributed by atoms with Gasteiger partial charge >= 0.3 is 0 Å². The van der Waals surface area contributed by atoms with Crippen LogP contribution < -0.4 is 5.73 Å². The van der Waals surface area contributed by atoms with Gasteiger partial charge in [-0.25, -0.2) is 0 Å². The van der Waals surface area contributed by atoms with E-state index in [1.807, 2.05) is 7.05 Å². The average molecular weight is 270 g/mol. The van der Waals surface area contributed by atoms with Crippen molar-refractivity contribution in [3.8, 4) is 0 Å². The summed E-state index contributed by atoms with van der Waals surface area (Å²) in [6.07, 6.45) is 0.879. The molecule has 1 aliphatic heterocycles. The highest BCUT2D eigenvalue weighted by atomic mass is 16.2. The summed E-state index contributed by atoms with van der Waals surface area (Å²) >= 11 is 0. The van der Waals surface area contributed by atoms with Gasteiger partial charge in [-0.05, 0) is 18.9 Å². The summed E-state index contributed by atoms with van der Waals surface area (Å²) in [6, 6.07) is 0. The first-order valence-corrected chi connectivity index (χ1v) is 7.41. The lowest BCUT2D eigenvalue weighted by molar-refractivity contribution is -0.131. The fraction of sp³-hybridized carbons (Fsp3) is 0.929. The van der Waals surface area contributed by atoms with Crippen molar-refractivity contribution in [2.75, 3.05) is 59.4 Å².